The number of nitrogens with one attached hydrogen (secondary N) is 3. The Kier molecular flexibility index (Phi) is 20.5. The first kappa shape index (κ1) is 41.3. The lowest BCUT2D eigenvalue weighted by Crippen LogP contribution is -2.26. The van der Waals surface area contributed by atoms with Crippen molar-refractivity contribution >= 4 is 29.4 Å². The van der Waals surface area contributed by atoms with Crippen LogP contribution in [-0.4, -0.2) is 95.7 Å². The van der Waals surface area contributed by atoms with Gasteiger partial charge in [-0.25, -0.2) is 4.79 Å². The molecule has 0 fully saturated rings. The normalized spacial score (nSPS) is 12.6. The fourth-order valence-electron chi connectivity index (χ4n) is 5.25. The zero-order valence-corrected chi connectivity index (χ0v) is 29.6. The average molecular weight is 686 g/mol. The Bertz CT molecular complexity index is 1320. The summed E-state index contributed by atoms with van der Waals surface area (Å²) in [5, 5.41) is 16.9. The average Bonchev–Trinajstić information content (AvgIpc) is 3.42. The first-order valence-electron chi connectivity index (χ1n) is 17.3. The zero-order valence-electron chi connectivity index (χ0n) is 29.6. The lowest BCUT2D eigenvalue weighted by molar-refractivity contribution is -0.121. The molecule has 0 radical (unpaired) electrons. The maximum atomic E-state index is 13.2. The van der Waals surface area contributed by atoms with Gasteiger partial charge in [0.1, 0.15) is 6.61 Å². The van der Waals surface area contributed by atoms with Gasteiger partial charge in [-0.2, -0.15) is 0 Å². The molecular formula is C37H55N3O9. The minimum atomic E-state index is -0.526. The fourth-order valence-corrected chi connectivity index (χ4v) is 5.25. The number of amides is 3. The van der Waals surface area contributed by atoms with Gasteiger partial charge >= 0.3 is 6.09 Å². The van der Waals surface area contributed by atoms with E-state index in [0.717, 1.165) is 48.1 Å². The van der Waals surface area contributed by atoms with Crippen LogP contribution in [0.5, 0.6) is 0 Å². The minimum Gasteiger partial charge on any atom is -0.449 e. The van der Waals surface area contributed by atoms with E-state index in [-0.39, 0.29) is 36.7 Å². The lowest BCUT2D eigenvalue weighted by Gasteiger charge is -2.15. The molecule has 12 nitrogen and oxygen atoms in total. The van der Waals surface area contributed by atoms with Gasteiger partial charge in [-0.15, -0.1) is 0 Å². The molecule has 1 aliphatic rings. The molecule has 3 amide bonds. The van der Waals surface area contributed by atoms with Crippen LogP contribution in [0.4, 0.5) is 10.5 Å². The van der Waals surface area contributed by atoms with E-state index in [4.69, 9.17) is 24.1 Å². The number of methoxy groups -OCH3 is 1. The Morgan fingerprint density at radius 2 is 1.59 bits per heavy atom. The molecule has 1 atom stereocenters. The third-order valence-electron chi connectivity index (χ3n) is 7.73. The minimum absolute atomic E-state index is 0.0305. The number of alkyl carbamates (subject to hydrolysis) is 1. The van der Waals surface area contributed by atoms with E-state index in [1.807, 2.05) is 43.3 Å². The molecule has 272 valence electrons. The summed E-state index contributed by atoms with van der Waals surface area (Å²) in [5.74, 6) is -0.206. The summed E-state index contributed by atoms with van der Waals surface area (Å²) in [5.41, 5.74) is 4.90. The highest BCUT2D eigenvalue weighted by Gasteiger charge is 2.33. The van der Waals surface area contributed by atoms with Crippen LogP contribution in [0.1, 0.15) is 92.6 Å². The second-order valence-electron chi connectivity index (χ2n) is 11.5. The maximum Gasteiger partial charge on any atom is 0.406 e. The van der Waals surface area contributed by atoms with E-state index < -0.39 is 6.09 Å². The molecule has 0 heterocycles. The predicted molar refractivity (Wildman–Crippen MR) is 189 cm³/mol. The fraction of sp³-hybridized carbons (Fsp3) is 0.568. The van der Waals surface area contributed by atoms with E-state index in [1.165, 1.54) is 7.05 Å². The smallest absolute Gasteiger partial charge is 0.406 e. The number of carbonyl (C=O) groups excluding carboxylic acids is 4. The monoisotopic (exact) mass is 685 g/mol. The van der Waals surface area contributed by atoms with Crippen molar-refractivity contribution in [2.24, 2.45) is 0 Å². The van der Waals surface area contributed by atoms with Gasteiger partial charge in [-0.1, -0.05) is 38.1 Å². The van der Waals surface area contributed by atoms with E-state index in [2.05, 4.69) is 16.0 Å². The molecule has 3 rings (SSSR count). The van der Waals surface area contributed by atoms with Crippen LogP contribution in [0.3, 0.4) is 0 Å². The van der Waals surface area contributed by atoms with Crippen molar-refractivity contribution in [3.63, 3.8) is 0 Å². The van der Waals surface area contributed by atoms with Crippen LogP contribution >= 0.6 is 0 Å². The van der Waals surface area contributed by atoms with E-state index in [9.17, 15) is 19.2 Å². The quantitative estimate of drug-likeness (QED) is 0.0963. The predicted octanol–water partition coefficient (Wildman–Crippen LogP) is 5.21. The van der Waals surface area contributed by atoms with Crippen LogP contribution < -0.4 is 16.0 Å². The number of unbranched alkanes of at least 4 members (excludes halogenated alkanes) is 1. The summed E-state index contributed by atoms with van der Waals surface area (Å²) in [7, 11) is 3.18. The Balaban J connectivity index is 0.000000502. The van der Waals surface area contributed by atoms with Crippen molar-refractivity contribution < 1.29 is 43.2 Å². The van der Waals surface area contributed by atoms with Gasteiger partial charge in [-0.05, 0) is 66.5 Å². The molecule has 0 saturated carbocycles. The Hall–Kier alpha value is -3.84. The van der Waals surface area contributed by atoms with Crippen molar-refractivity contribution in [2.75, 3.05) is 72.3 Å². The summed E-state index contributed by atoms with van der Waals surface area (Å²) in [6.45, 7) is 7.72. The number of Topliss-reactive ketones (excluding diaryl/α,β-unsaturated/α-hetero) is 1. The number of hydrogen-bond donors (Lipinski definition) is 4. The maximum absolute atomic E-state index is 13.2. The molecule has 0 spiro atoms. The molecule has 2 aromatic carbocycles. The molecule has 0 bridgehead atoms. The number of hydrogen-bond acceptors (Lipinski definition) is 9. The van der Waals surface area contributed by atoms with Gasteiger partial charge in [-0.3, -0.25) is 14.4 Å². The van der Waals surface area contributed by atoms with E-state index in [0.29, 0.717) is 76.3 Å². The SMILES string of the molecule is CCC(=O)Nc1ccc2c(c1)C(COC(=O)NC)c1cccc(C(=O)CCCOCCCCO)c1-2.CCCC(=O)NCCOCCCOC. The number of carbonyl (C=O) groups is 4. The summed E-state index contributed by atoms with van der Waals surface area (Å²) in [6.07, 6.45) is 4.71. The number of ether oxygens (including phenoxy) is 4. The third kappa shape index (κ3) is 14.7. The lowest BCUT2D eigenvalue weighted by atomic mass is 9.93. The van der Waals surface area contributed by atoms with Crippen LogP contribution in [0, 0.1) is 0 Å². The van der Waals surface area contributed by atoms with Crippen LogP contribution in [0.25, 0.3) is 11.1 Å². The van der Waals surface area contributed by atoms with Crippen LogP contribution in [0.15, 0.2) is 36.4 Å². The molecule has 1 aliphatic carbocycles. The third-order valence-corrected chi connectivity index (χ3v) is 7.73. The first-order valence-corrected chi connectivity index (χ1v) is 17.3. The first-order chi connectivity index (χ1) is 23.8. The second-order valence-corrected chi connectivity index (χ2v) is 11.5. The van der Waals surface area contributed by atoms with Crippen molar-refractivity contribution in [3.05, 3.63) is 53.1 Å². The van der Waals surface area contributed by atoms with Crippen molar-refractivity contribution in [3.8, 4) is 11.1 Å². The molecule has 0 aliphatic heterocycles. The molecule has 1 unspecified atom stereocenters. The van der Waals surface area contributed by atoms with Gasteiger partial charge in [0.05, 0.1) is 6.61 Å². The number of fused-ring (bicyclic) bond motifs is 3. The van der Waals surface area contributed by atoms with Crippen molar-refractivity contribution in [2.45, 2.75) is 71.1 Å². The standard InChI is InChI=1S/C27H34N2O6.C10H21NO3/c1-3-25(32)29-18-11-12-20-22(16-18)23(17-35-27(33)28-2)19-8-6-9-21(26(19)20)24(31)10-7-15-34-14-5-4-13-30;1-3-5-10(12)11-6-9-14-8-4-7-13-2/h6,8-9,11-12,16,23,30H,3-5,7,10,13-15,17H2,1-2H3,(H,28,33)(H,29,32);3-9H2,1-2H3,(H,11,12). The number of aliphatic hydroxyl groups is 1. The van der Waals surface area contributed by atoms with Gasteiger partial charge in [0.25, 0.3) is 0 Å². The molecular weight excluding hydrogens is 630 g/mol. The summed E-state index contributed by atoms with van der Waals surface area (Å²) >= 11 is 0. The van der Waals surface area contributed by atoms with Crippen LogP contribution in [0.2, 0.25) is 0 Å². The highest BCUT2D eigenvalue weighted by molar-refractivity contribution is 6.05. The second kappa shape index (κ2) is 24.3. The largest absolute Gasteiger partial charge is 0.449 e. The number of aliphatic hydroxyl groups excluding tert-OH is 1. The van der Waals surface area contributed by atoms with Crippen molar-refractivity contribution in [1.82, 2.24) is 10.6 Å². The number of ketones is 1. The molecule has 0 aromatic heterocycles. The van der Waals surface area contributed by atoms with E-state index in [1.54, 1.807) is 14.0 Å². The van der Waals surface area contributed by atoms with Gasteiger partial charge in [0.2, 0.25) is 11.8 Å². The summed E-state index contributed by atoms with van der Waals surface area (Å²) in [6, 6.07) is 11.3. The summed E-state index contributed by atoms with van der Waals surface area (Å²) < 4.78 is 21.1. The topological polar surface area (TPSA) is 162 Å². The number of anilines is 1. The number of rotatable bonds is 22. The Morgan fingerprint density at radius 3 is 2.31 bits per heavy atom. The molecule has 12 heteroatoms. The Labute approximate surface area is 290 Å². The van der Waals surface area contributed by atoms with Gasteiger partial charge in [0, 0.05) is 90.2 Å². The molecule has 0 saturated heterocycles. The molecule has 4 N–H and O–H groups in total. The van der Waals surface area contributed by atoms with E-state index >= 15 is 0 Å². The Morgan fingerprint density at radius 1 is 0.837 bits per heavy atom. The van der Waals surface area contributed by atoms with Crippen molar-refractivity contribution in [1.29, 1.82) is 0 Å². The van der Waals surface area contributed by atoms with Gasteiger partial charge < -0.3 is 40.0 Å². The summed E-state index contributed by atoms with van der Waals surface area (Å²) in [4.78, 5) is 47.9. The molecule has 2 aromatic rings. The number of benzene rings is 2. The zero-order chi connectivity index (χ0) is 35.9. The molecule has 49 heavy (non-hydrogen) atoms. The highest BCUT2D eigenvalue weighted by Crippen LogP contribution is 2.47. The van der Waals surface area contributed by atoms with Gasteiger partial charge in [0.15, 0.2) is 5.78 Å². The van der Waals surface area contributed by atoms with Crippen LogP contribution in [-0.2, 0) is 28.5 Å². The highest BCUT2D eigenvalue weighted by atomic mass is 16.5.